The van der Waals surface area contributed by atoms with Gasteiger partial charge in [0.1, 0.15) is 0 Å². The van der Waals surface area contributed by atoms with Gasteiger partial charge in [0.25, 0.3) is 0 Å². The van der Waals surface area contributed by atoms with Gasteiger partial charge in [-0.05, 0) is 26.7 Å². The molecule has 2 atom stereocenters. The van der Waals surface area contributed by atoms with E-state index in [2.05, 4.69) is 19.2 Å². The molecule has 1 saturated heterocycles. The molecule has 1 heterocycles. The van der Waals surface area contributed by atoms with Crippen LogP contribution >= 0.6 is 0 Å². The molecule has 1 fully saturated rings. The van der Waals surface area contributed by atoms with E-state index >= 15 is 0 Å². The number of hydrogen-bond donors (Lipinski definition) is 1. The summed E-state index contributed by atoms with van der Waals surface area (Å²) >= 11 is 0. The van der Waals surface area contributed by atoms with Gasteiger partial charge in [-0.1, -0.05) is 13.8 Å². The molecule has 1 N–H and O–H groups in total. The smallest absolute Gasteiger partial charge is 0.317 e. The van der Waals surface area contributed by atoms with Crippen LogP contribution in [0.3, 0.4) is 0 Å². The first kappa shape index (κ1) is 13.3. The summed E-state index contributed by atoms with van der Waals surface area (Å²) < 4.78 is 5.60. The summed E-state index contributed by atoms with van der Waals surface area (Å²) in [6.45, 7) is 9.59. The van der Waals surface area contributed by atoms with E-state index in [-0.39, 0.29) is 18.2 Å². The van der Waals surface area contributed by atoms with Crippen molar-refractivity contribution in [3.05, 3.63) is 0 Å². The molecule has 2 amide bonds. The summed E-state index contributed by atoms with van der Waals surface area (Å²) in [5, 5.41) is 3.06. The fourth-order valence-electron chi connectivity index (χ4n) is 2.10. The highest BCUT2D eigenvalue weighted by Gasteiger charge is 2.26. The van der Waals surface area contributed by atoms with Crippen molar-refractivity contribution in [2.24, 2.45) is 0 Å². The summed E-state index contributed by atoms with van der Waals surface area (Å²) in [6, 6.07) is 0.344. The largest absolute Gasteiger partial charge is 0.372 e. The number of nitrogens with zero attached hydrogens (tertiary/aromatic N) is 1. The number of rotatable bonds is 3. The average molecular weight is 228 g/mol. The summed E-state index contributed by atoms with van der Waals surface area (Å²) in [6.07, 6.45) is 2.24. The molecule has 16 heavy (non-hydrogen) atoms. The third-order valence-electron chi connectivity index (χ3n) is 3.02. The maximum absolute atomic E-state index is 12.0. The second-order valence-corrected chi connectivity index (χ2v) is 4.63. The number of carbonyl (C=O) groups excluding carboxylic acids is 1. The predicted molar refractivity (Wildman–Crippen MR) is 64.5 cm³/mol. The molecular formula is C12H24N2O2. The van der Waals surface area contributed by atoms with Crippen molar-refractivity contribution >= 4 is 6.03 Å². The number of hydrogen-bond acceptors (Lipinski definition) is 2. The van der Waals surface area contributed by atoms with E-state index in [0.717, 1.165) is 12.8 Å². The molecule has 4 heteroatoms. The van der Waals surface area contributed by atoms with Gasteiger partial charge < -0.3 is 15.0 Å². The number of morpholine rings is 1. The Morgan fingerprint density at radius 1 is 1.31 bits per heavy atom. The van der Waals surface area contributed by atoms with Crippen LogP contribution in [0.15, 0.2) is 0 Å². The van der Waals surface area contributed by atoms with E-state index in [9.17, 15) is 4.79 Å². The van der Waals surface area contributed by atoms with Crippen LogP contribution in [0.5, 0.6) is 0 Å². The van der Waals surface area contributed by atoms with Crippen LogP contribution in [-0.2, 0) is 4.74 Å². The van der Waals surface area contributed by atoms with Crippen LogP contribution in [0.4, 0.5) is 4.79 Å². The summed E-state index contributed by atoms with van der Waals surface area (Å²) in [5.74, 6) is 0. The zero-order valence-corrected chi connectivity index (χ0v) is 10.8. The van der Waals surface area contributed by atoms with Crippen molar-refractivity contribution in [1.82, 2.24) is 10.2 Å². The molecule has 1 aliphatic heterocycles. The van der Waals surface area contributed by atoms with Crippen LogP contribution in [-0.4, -0.2) is 42.3 Å². The molecule has 0 aromatic rings. The molecule has 0 bridgehead atoms. The molecule has 1 aliphatic rings. The van der Waals surface area contributed by atoms with Crippen molar-refractivity contribution in [2.45, 2.75) is 58.8 Å². The Labute approximate surface area is 98.3 Å². The van der Waals surface area contributed by atoms with Crippen molar-refractivity contribution < 1.29 is 9.53 Å². The topological polar surface area (TPSA) is 41.6 Å². The molecule has 0 aromatic carbocycles. The minimum Gasteiger partial charge on any atom is -0.372 e. The fraction of sp³-hybridized carbons (Fsp3) is 0.917. The zero-order valence-electron chi connectivity index (χ0n) is 10.8. The highest BCUT2D eigenvalue weighted by atomic mass is 16.5. The lowest BCUT2D eigenvalue weighted by Gasteiger charge is -2.36. The number of ether oxygens (including phenoxy) is 1. The van der Waals surface area contributed by atoms with Gasteiger partial charge in [-0.3, -0.25) is 0 Å². The van der Waals surface area contributed by atoms with Gasteiger partial charge in [0, 0.05) is 19.1 Å². The van der Waals surface area contributed by atoms with Gasteiger partial charge in [0.05, 0.1) is 12.2 Å². The Kier molecular flexibility index (Phi) is 5.06. The van der Waals surface area contributed by atoms with Crippen molar-refractivity contribution in [1.29, 1.82) is 0 Å². The Morgan fingerprint density at radius 2 is 1.81 bits per heavy atom. The van der Waals surface area contributed by atoms with Crippen LogP contribution in [0.25, 0.3) is 0 Å². The summed E-state index contributed by atoms with van der Waals surface area (Å²) in [4.78, 5) is 13.8. The number of urea groups is 1. The average Bonchev–Trinajstić information content (AvgIpc) is 2.24. The maximum Gasteiger partial charge on any atom is 0.317 e. The predicted octanol–water partition coefficient (Wildman–Crippen LogP) is 1.99. The molecular weight excluding hydrogens is 204 g/mol. The summed E-state index contributed by atoms with van der Waals surface area (Å²) in [5.41, 5.74) is 0. The first-order chi connectivity index (χ1) is 7.56. The van der Waals surface area contributed by atoms with Gasteiger partial charge in [0.15, 0.2) is 0 Å². The second-order valence-electron chi connectivity index (χ2n) is 4.63. The maximum atomic E-state index is 12.0. The van der Waals surface area contributed by atoms with Crippen molar-refractivity contribution in [2.75, 3.05) is 13.1 Å². The fourth-order valence-corrected chi connectivity index (χ4v) is 2.10. The molecule has 2 unspecified atom stereocenters. The Hall–Kier alpha value is -0.770. The van der Waals surface area contributed by atoms with Crippen molar-refractivity contribution in [3.8, 4) is 0 Å². The Balaban J connectivity index is 2.46. The van der Waals surface area contributed by atoms with Crippen molar-refractivity contribution in [3.63, 3.8) is 0 Å². The van der Waals surface area contributed by atoms with Gasteiger partial charge in [-0.25, -0.2) is 4.79 Å². The molecule has 4 nitrogen and oxygen atoms in total. The molecule has 0 aromatic heterocycles. The van der Waals surface area contributed by atoms with Crippen LogP contribution in [0.2, 0.25) is 0 Å². The molecule has 94 valence electrons. The van der Waals surface area contributed by atoms with E-state index < -0.39 is 0 Å². The van der Waals surface area contributed by atoms with Crippen LogP contribution in [0, 0.1) is 0 Å². The second kappa shape index (κ2) is 6.09. The first-order valence-corrected chi connectivity index (χ1v) is 6.27. The SMILES string of the molecule is CCC(CC)NC(=O)N1CC(C)OC(C)C1. The third kappa shape index (κ3) is 3.67. The normalized spacial score (nSPS) is 25.9. The van der Waals surface area contributed by atoms with E-state index in [1.54, 1.807) is 0 Å². The van der Waals surface area contributed by atoms with E-state index in [0.29, 0.717) is 19.1 Å². The first-order valence-electron chi connectivity index (χ1n) is 6.27. The van der Waals surface area contributed by atoms with Crippen LogP contribution < -0.4 is 5.32 Å². The quantitative estimate of drug-likeness (QED) is 0.802. The number of nitrogens with one attached hydrogen (secondary N) is 1. The minimum absolute atomic E-state index is 0.0516. The Morgan fingerprint density at radius 3 is 2.25 bits per heavy atom. The molecule has 0 radical (unpaired) electrons. The minimum atomic E-state index is 0.0516. The lowest BCUT2D eigenvalue weighted by molar-refractivity contribution is -0.0547. The summed E-state index contributed by atoms with van der Waals surface area (Å²) in [7, 11) is 0. The third-order valence-corrected chi connectivity index (χ3v) is 3.02. The molecule has 0 spiro atoms. The van der Waals surface area contributed by atoms with Gasteiger partial charge in [-0.2, -0.15) is 0 Å². The molecule has 1 rings (SSSR count). The highest BCUT2D eigenvalue weighted by molar-refractivity contribution is 5.74. The number of carbonyl (C=O) groups is 1. The van der Waals surface area contributed by atoms with E-state index in [4.69, 9.17) is 4.74 Å². The zero-order chi connectivity index (χ0) is 12.1. The lowest BCUT2D eigenvalue weighted by atomic mass is 10.2. The highest BCUT2D eigenvalue weighted by Crippen LogP contribution is 2.11. The van der Waals surface area contributed by atoms with Gasteiger partial charge in [-0.15, -0.1) is 0 Å². The van der Waals surface area contributed by atoms with Crippen LogP contribution in [0.1, 0.15) is 40.5 Å². The van der Waals surface area contributed by atoms with E-state index in [1.165, 1.54) is 0 Å². The molecule has 0 aliphatic carbocycles. The van der Waals surface area contributed by atoms with E-state index in [1.807, 2.05) is 18.7 Å². The Bertz CT molecular complexity index is 219. The molecule has 0 saturated carbocycles. The lowest BCUT2D eigenvalue weighted by Crippen LogP contribution is -2.53. The van der Waals surface area contributed by atoms with Gasteiger partial charge >= 0.3 is 6.03 Å². The van der Waals surface area contributed by atoms with Gasteiger partial charge in [0.2, 0.25) is 0 Å². The number of amides is 2. The standard InChI is InChI=1S/C12H24N2O2/c1-5-11(6-2)13-12(15)14-7-9(3)16-10(4)8-14/h9-11H,5-8H2,1-4H3,(H,13,15). The monoisotopic (exact) mass is 228 g/mol.